The lowest BCUT2D eigenvalue weighted by Crippen LogP contribution is -2.31. The summed E-state index contributed by atoms with van der Waals surface area (Å²) >= 11 is 0. The van der Waals surface area contributed by atoms with Crippen molar-refractivity contribution in [2.45, 2.75) is 57.8 Å². The standard InChI is InChI=1S/C19H29N/c1-14-9-10-17(13-20)18(11-14)12-16-7-4-6-15-5-2-3-8-19(15)16/h2-3,5,8,14,16-18H,4,6-7,9-13,20H2,1H3. The number of benzene rings is 1. The maximum Gasteiger partial charge on any atom is -0.00462 e. The summed E-state index contributed by atoms with van der Waals surface area (Å²) in [6, 6.07) is 9.14. The van der Waals surface area contributed by atoms with Crippen molar-refractivity contribution in [3.63, 3.8) is 0 Å². The van der Waals surface area contributed by atoms with Gasteiger partial charge in [-0.3, -0.25) is 0 Å². The van der Waals surface area contributed by atoms with E-state index in [9.17, 15) is 0 Å². The molecular formula is C19H29N. The first-order chi connectivity index (χ1) is 9.78. The van der Waals surface area contributed by atoms with Crippen molar-refractivity contribution in [3.8, 4) is 0 Å². The molecule has 2 N–H and O–H groups in total. The fourth-order valence-electron chi connectivity index (χ4n) is 4.63. The van der Waals surface area contributed by atoms with Gasteiger partial charge in [-0.15, -0.1) is 0 Å². The van der Waals surface area contributed by atoms with Crippen LogP contribution in [0.3, 0.4) is 0 Å². The van der Waals surface area contributed by atoms with Gasteiger partial charge < -0.3 is 5.73 Å². The molecule has 4 atom stereocenters. The van der Waals surface area contributed by atoms with Crippen molar-refractivity contribution in [1.82, 2.24) is 0 Å². The van der Waals surface area contributed by atoms with Gasteiger partial charge in [0.2, 0.25) is 0 Å². The molecule has 1 nitrogen and oxygen atoms in total. The van der Waals surface area contributed by atoms with Gasteiger partial charge in [0, 0.05) is 0 Å². The highest BCUT2D eigenvalue weighted by atomic mass is 14.6. The molecule has 3 rings (SSSR count). The Bertz CT molecular complexity index is 439. The molecule has 0 radical (unpaired) electrons. The van der Waals surface area contributed by atoms with E-state index in [1.807, 2.05) is 0 Å². The van der Waals surface area contributed by atoms with E-state index < -0.39 is 0 Å². The highest BCUT2D eigenvalue weighted by molar-refractivity contribution is 5.32. The summed E-state index contributed by atoms with van der Waals surface area (Å²) in [4.78, 5) is 0. The molecule has 0 bridgehead atoms. The Kier molecular flexibility index (Phi) is 4.45. The third-order valence-electron chi connectivity index (χ3n) is 5.79. The Morgan fingerprint density at radius 1 is 1.10 bits per heavy atom. The molecule has 0 aliphatic heterocycles. The molecule has 0 aromatic heterocycles. The molecule has 1 aromatic rings. The van der Waals surface area contributed by atoms with Gasteiger partial charge in [-0.25, -0.2) is 0 Å². The Labute approximate surface area is 124 Å². The van der Waals surface area contributed by atoms with E-state index in [-0.39, 0.29) is 0 Å². The van der Waals surface area contributed by atoms with Crippen LogP contribution in [0, 0.1) is 17.8 Å². The van der Waals surface area contributed by atoms with Crippen LogP contribution >= 0.6 is 0 Å². The first-order valence-corrected chi connectivity index (χ1v) is 8.55. The molecule has 0 amide bonds. The van der Waals surface area contributed by atoms with Gasteiger partial charge in [0.1, 0.15) is 0 Å². The van der Waals surface area contributed by atoms with Crippen molar-refractivity contribution < 1.29 is 0 Å². The minimum Gasteiger partial charge on any atom is -0.330 e. The van der Waals surface area contributed by atoms with Crippen LogP contribution in [0.4, 0.5) is 0 Å². The number of fused-ring (bicyclic) bond motifs is 1. The third-order valence-corrected chi connectivity index (χ3v) is 5.79. The molecule has 4 unspecified atom stereocenters. The Morgan fingerprint density at radius 2 is 1.95 bits per heavy atom. The molecule has 110 valence electrons. The number of nitrogens with two attached hydrogens (primary N) is 1. The van der Waals surface area contributed by atoms with Crippen molar-refractivity contribution >= 4 is 0 Å². The summed E-state index contributed by atoms with van der Waals surface area (Å²) in [5.74, 6) is 3.34. The largest absolute Gasteiger partial charge is 0.330 e. The van der Waals surface area contributed by atoms with E-state index in [0.717, 1.165) is 30.2 Å². The molecular weight excluding hydrogens is 242 g/mol. The van der Waals surface area contributed by atoms with E-state index in [4.69, 9.17) is 5.73 Å². The topological polar surface area (TPSA) is 26.0 Å². The van der Waals surface area contributed by atoms with Crippen molar-refractivity contribution in [2.75, 3.05) is 6.54 Å². The molecule has 2 aliphatic rings. The summed E-state index contributed by atoms with van der Waals surface area (Å²) in [6.45, 7) is 3.32. The number of rotatable bonds is 3. The van der Waals surface area contributed by atoms with Crippen LogP contribution in [-0.2, 0) is 6.42 Å². The number of hydrogen-bond donors (Lipinski definition) is 1. The number of hydrogen-bond acceptors (Lipinski definition) is 1. The van der Waals surface area contributed by atoms with Gasteiger partial charge in [-0.05, 0) is 79.9 Å². The normalized spacial score (nSPS) is 33.7. The van der Waals surface area contributed by atoms with Gasteiger partial charge in [0.05, 0.1) is 0 Å². The monoisotopic (exact) mass is 271 g/mol. The van der Waals surface area contributed by atoms with E-state index in [0.29, 0.717) is 0 Å². The first kappa shape index (κ1) is 14.1. The zero-order chi connectivity index (χ0) is 13.9. The highest BCUT2D eigenvalue weighted by Gasteiger charge is 2.31. The van der Waals surface area contributed by atoms with Gasteiger partial charge in [0.15, 0.2) is 0 Å². The molecule has 2 aliphatic carbocycles. The summed E-state index contributed by atoms with van der Waals surface area (Å²) in [7, 11) is 0. The molecule has 0 saturated heterocycles. The SMILES string of the molecule is CC1CCC(CN)C(CC2CCCc3ccccc32)C1. The van der Waals surface area contributed by atoms with Crippen LogP contribution in [0.2, 0.25) is 0 Å². The first-order valence-electron chi connectivity index (χ1n) is 8.55. The van der Waals surface area contributed by atoms with Crippen molar-refractivity contribution in [3.05, 3.63) is 35.4 Å². The fourth-order valence-corrected chi connectivity index (χ4v) is 4.63. The Hall–Kier alpha value is -0.820. The zero-order valence-electron chi connectivity index (χ0n) is 12.9. The maximum absolute atomic E-state index is 6.04. The second-order valence-electron chi connectivity index (χ2n) is 7.20. The summed E-state index contributed by atoms with van der Waals surface area (Å²) in [6.07, 6.45) is 9.57. The predicted octanol–water partition coefficient (Wildman–Crippen LogP) is 4.51. The minimum atomic E-state index is 0.778. The zero-order valence-corrected chi connectivity index (χ0v) is 12.9. The second-order valence-corrected chi connectivity index (χ2v) is 7.20. The Morgan fingerprint density at radius 3 is 2.80 bits per heavy atom. The highest BCUT2D eigenvalue weighted by Crippen LogP contribution is 2.42. The van der Waals surface area contributed by atoms with Crippen LogP contribution in [0.25, 0.3) is 0 Å². The van der Waals surface area contributed by atoms with Gasteiger partial charge >= 0.3 is 0 Å². The van der Waals surface area contributed by atoms with Crippen molar-refractivity contribution in [2.24, 2.45) is 23.5 Å². The van der Waals surface area contributed by atoms with Crippen molar-refractivity contribution in [1.29, 1.82) is 0 Å². The molecule has 1 saturated carbocycles. The second kappa shape index (κ2) is 6.30. The third kappa shape index (κ3) is 2.93. The Balaban J connectivity index is 1.74. The van der Waals surface area contributed by atoms with Gasteiger partial charge in [0.25, 0.3) is 0 Å². The lowest BCUT2D eigenvalue weighted by atomic mass is 9.68. The fraction of sp³-hybridized carbons (Fsp3) is 0.684. The van der Waals surface area contributed by atoms with Gasteiger partial charge in [-0.2, -0.15) is 0 Å². The van der Waals surface area contributed by atoms with Crippen LogP contribution in [-0.4, -0.2) is 6.54 Å². The smallest absolute Gasteiger partial charge is 0.00462 e. The quantitative estimate of drug-likeness (QED) is 0.860. The lowest BCUT2D eigenvalue weighted by molar-refractivity contribution is 0.171. The number of aryl methyl sites for hydroxylation is 1. The summed E-state index contributed by atoms with van der Waals surface area (Å²) in [5.41, 5.74) is 9.29. The summed E-state index contributed by atoms with van der Waals surface area (Å²) in [5, 5.41) is 0. The van der Waals surface area contributed by atoms with E-state index in [1.54, 1.807) is 11.1 Å². The molecule has 1 heteroatoms. The maximum atomic E-state index is 6.04. The predicted molar refractivity (Wildman–Crippen MR) is 85.8 cm³/mol. The molecule has 0 heterocycles. The molecule has 1 aromatic carbocycles. The van der Waals surface area contributed by atoms with E-state index >= 15 is 0 Å². The van der Waals surface area contributed by atoms with Crippen LogP contribution in [0.1, 0.15) is 62.5 Å². The van der Waals surface area contributed by atoms with Crippen LogP contribution in [0.5, 0.6) is 0 Å². The minimum absolute atomic E-state index is 0.778. The van der Waals surface area contributed by atoms with Gasteiger partial charge in [-0.1, -0.05) is 37.6 Å². The average Bonchev–Trinajstić information content (AvgIpc) is 2.48. The van der Waals surface area contributed by atoms with Crippen LogP contribution < -0.4 is 5.73 Å². The molecule has 0 spiro atoms. The summed E-state index contributed by atoms with van der Waals surface area (Å²) < 4.78 is 0. The molecule has 1 fully saturated rings. The molecule has 20 heavy (non-hydrogen) atoms. The lowest BCUT2D eigenvalue weighted by Gasteiger charge is -2.37. The average molecular weight is 271 g/mol. The van der Waals surface area contributed by atoms with E-state index in [1.165, 1.54) is 44.9 Å². The van der Waals surface area contributed by atoms with Crippen LogP contribution in [0.15, 0.2) is 24.3 Å². The van der Waals surface area contributed by atoms with E-state index in [2.05, 4.69) is 31.2 Å².